The van der Waals surface area contributed by atoms with Gasteiger partial charge >= 0.3 is 0 Å². The van der Waals surface area contributed by atoms with Crippen LogP contribution in [0, 0.1) is 12.7 Å². The first-order chi connectivity index (χ1) is 11.9. The first-order valence-electron chi connectivity index (χ1n) is 7.66. The van der Waals surface area contributed by atoms with Crippen molar-refractivity contribution in [2.75, 3.05) is 12.4 Å². The molecule has 2 aromatic carbocycles. The number of benzene rings is 2. The molecule has 128 valence electrons. The van der Waals surface area contributed by atoms with Crippen LogP contribution in [0.25, 0.3) is 11.0 Å². The lowest BCUT2D eigenvalue weighted by molar-refractivity contribution is 0.0957. The van der Waals surface area contributed by atoms with E-state index >= 15 is 0 Å². The topological polar surface area (TPSA) is 76.0 Å². The second-order valence-electron chi connectivity index (χ2n) is 5.65. The Morgan fingerprint density at radius 1 is 1.12 bits per heavy atom. The number of aryl methyl sites for hydroxylation is 2. The molecule has 2 amide bonds. The molecule has 0 saturated carbocycles. The first-order valence-corrected chi connectivity index (χ1v) is 7.66. The fraction of sp³-hybridized carbons (Fsp3) is 0.167. The zero-order valence-corrected chi connectivity index (χ0v) is 14.1. The van der Waals surface area contributed by atoms with Crippen molar-refractivity contribution in [1.82, 2.24) is 14.9 Å². The van der Waals surface area contributed by atoms with Crippen LogP contribution in [-0.4, -0.2) is 28.4 Å². The third kappa shape index (κ3) is 3.08. The summed E-state index contributed by atoms with van der Waals surface area (Å²) in [7, 11) is 3.32. The minimum Gasteiger partial charge on any atom is -0.355 e. The molecule has 0 spiro atoms. The Balaban J connectivity index is 1.88. The molecule has 0 bridgehead atoms. The predicted molar refractivity (Wildman–Crippen MR) is 93.2 cm³/mol. The fourth-order valence-corrected chi connectivity index (χ4v) is 2.58. The normalized spacial score (nSPS) is 10.7. The van der Waals surface area contributed by atoms with Crippen LogP contribution in [0.15, 0.2) is 36.4 Å². The summed E-state index contributed by atoms with van der Waals surface area (Å²) in [4.78, 5) is 28.5. The molecule has 25 heavy (non-hydrogen) atoms. The van der Waals surface area contributed by atoms with E-state index in [1.54, 1.807) is 12.1 Å². The van der Waals surface area contributed by atoms with E-state index in [0.717, 1.165) is 22.9 Å². The van der Waals surface area contributed by atoms with Crippen LogP contribution in [0.3, 0.4) is 0 Å². The third-order valence-corrected chi connectivity index (χ3v) is 4.06. The van der Waals surface area contributed by atoms with Crippen molar-refractivity contribution in [2.24, 2.45) is 7.05 Å². The van der Waals surface area contributed by atoms with E-state index in [2.05, 4.69) is 15.6 Å². The molecule has 0 aliphatic heterocycles. The van der Waals surface area contributed by atoms with Gasteiger partial charge in [-0.15, -0.1) is 0 Å². The number of carbonyl (C=O) groups excluding carboxylic acids is 2. The van der Waals surface area contributed by atoms with Gasteiger partial charge in [-0.2, -0.15) is 0 Å². The second kappa shape index (κ2) is 6.35. The number of halogens is 1. The molecule has 7 heteroatoms. The number of imidazole rings is 1. The number of carbonyl (C=O) groups is 2. The van der Waals surface area contributed by atoms with Crippen LogP contribution >= 0.6 is 0 Å². The minimum atomic E-state index is -0.650. The van der Waals surface area contributed by atoms with E-state index in [4.69, 9.17) is 0 Å². The number of rotatable bonds is 3. The summed E-state index contributed by atoms with van der Waals surface area (Å²) in [6, 6.07) is 9.07. The molecule has 0 aliphatic carbocycles. The number of hydrogen-bond donors (Lipinski definition) is 2. The van der Waals surface area contributed by atoms with Crippen LogP contribution in [0.4, 0.5) is 10.1 Å². The summed E-state index contributed by atoms with van der Waals surface area (Å²) in [6.45, 7) is 1.89. The summed E-state index contributed by atoms with van der Waals surface area (Å²) < 4.78 is 15.6. The highest BCUT2D eigenvalue weighted by atomic mass is 19.1. The largest absolute Gasteiger partial charge is 0.355 e. The Morgan fingerprint density at radius 2 is 1.88 bits per heavy atom. The summed E-state index contributed by atoms with van der Waals surface area (Å²) in [5, 5.41) is 5.03. The number of amides is 2. The van der Waals surface area contributed by atoms with E-state index in [1.165, 1.54) is 19.2 Å². The van der Waals surface area contributed by atoms with Gasteiger partial charge in [-0.05, 0) is 43.3 Å². The van der Waals surface area contributed by atoms with Crippen molar-refractivity contribution in [2.45, 2.75) is 6.92 Å². The van der Waals surface area contributed by atoms with Crippen molar-refractivity contribution < 1.29 is 14.0 Å². The van der Waals surface area contributed by atoms with E-state index < -0.39 is 11.7 Å². The van der Waals surface area contributed by atoms with Gasteiger partial charge in [0.15, 0.2) is 0 Å². The van der Waals surface area contributed by atoms with Gasteiger partial charge < -0.3 is 15.2 Å². The number of aromatic nitrogens is 2. The Bertz CT molecular complexity index is 994. The maximum atomic E-state index is 13.7. The lowest BCUT2D eigenvalue weighted by atomic mass is 10.1. The molecule has 2 N–H and O–H groups in total. The van der Waals surface area contributed by atoms with Gasteiger partial charge in [-0.1, -0.05) is 0 Å². The van der Waals surface area contributed by atoms with Gasteiger partial charge in [-0.3, -0.25) is 9.59 Å². The van der Waals surface area contributed by atoms with E-state index in [9.17, 15) is 14.0 Å². The Morgan fingerprint density at radius 3 is 2.60 bits per heavy atom. The van der Waals surface area contributed by atoms with Gasteiger partial charge in [0.1, 0.15) is 11.6 Å². The summed E-state index contributed by atoms with van der Waals surface area (Å²) in [5.41, 5.74) is 2.28. The SMILES string of the molecule is CNC(=O)c1cc(NC(=O)c2ccc3c(c2)nc(C)n3C)ccc1F. The van der Waals surface area contributed by atoms with E-state index in [0.29, 0.717) is 11.3 Å². The second-order valence-corrected chi connectivity index (χ2v) is 5.65. The number of nitrogens with zero attached hydrogens (tertiary/aromatic N) is 2. The van der Waals surface area contributed by atoms with Crippen molar-refractivity contribution >= 4 is 28.5 Å². The van der Waals surface area contributed by atoms with E-state index in [1.807, 2.05) is 24.6 Å². The zero-order valence-electron chi connectivity index (χ0n) is 14.1. The summed E-state index contributed by atoms with van der Waals surface area (Å²) in [5.74, 6) is -0.720. The zero-order chi connectivity index (χ0) is 18.1. The van der Waals surface area contributed by atoms with E-state index in [-0.39, 0.29) is 11.5 Å². The molecule has 0 unspecified atom stereocenters. The molecule has 0 saturated heterocycles. The van der Waals surface area contributed by atoms with Gasteiger partial charge in [-0.25, -0.2) is 9.37 Å². The average molecular weight is 340 g/mol. The molecule has 1 heterocycles. The summed E-state index contributed by atoms with van der Waals surface area (Å²) >= 11 is 0. The molecular formula is C18H17FN4O2. The average Bonchev–Trinajstić information content (AvgIpc) is 2.89. The standard InChI is InChI=1S/C18H17FN4O2/c1-10-21-15-8-11(4-7-16(15)23(10)3)17(24)22-12-5-6-14(19)13(9-12)18(25)20-2/h4-9H,1-3H3,(H,20,25)(H,22,24). The quantitative estimate of drug-likeness (QED) is 0.769. The predicted octanol–water partition coefficient (Wildman–Crippen LogP) is 2.63. The van der Waals surface area contributed by atoms with Crippen LogP contribution in [0.1, 0.15) is 26.5 Å². The number of anilines is 1. The molecule has 3 rings (SSSR count). The first kappa shape index (κ1) is 16.6. The Kier molecular flexibility index (Phi) is 4.22. The minimum absolute atomic E-state index is 0.129. The van der Waals surface area contributed by atoms with Crippen molar-refractivity contribution in [3.63, 3.8) is 0 Å². The summed E-state index contributed by atoms with van der Waals surface area (Å²) in [6.07, 6.45) is 0. The molecule has 0 fully saturated rings. The number of fused-ring (bicyclic) bond motifs is 1. The van der Waals surface area contributed by atoms with Crippen molar-refractivity contribution in [3.05, 3.63) is 59.2 Å². The maximum Gasteiger partial charge on any atom is 0.255 e. The number of hydrogen-bond acceptors (Lipinski definition) is 3. The fourth-order valence-electron chi connectivity index (χ4n) is 2.58. The van der Waals surface area contributed by atoms with Crippen molar-refractivity contribution in [1.29, 1.82) is 0 Å². The van der Waals surface area contributed by atoms with Gasteiger partial charge in [0, 0.05) is 25.3 Å². The maximum absolute atomic E-state index is 13.7. The highest BCUT2D eigenvalue weighted by Crippen LogP contribution is 2.19. The van der Waals surface area contributed by atoms with Gasteiger partial charge in [0.25, 0.3) is 11.8 Å². The van der Waals surface area contributed by atoms with Gasteiger partial charge in [0.05, 0.1) is 16.6 Å². The third-order valence-electron chi connectivity index (χ3n) is 4.06. The highest BCUT2D eigenvalue weighted by molar-refractivity contribution is 6.06. The smallest absolute Gasteiger partial charge is 0.255 e. The number of nitrogens with one attached hydrogen (secondary N) is 2. The molecule has 1 aromatic heterocycles. The monoisotopic (exact) mass is 340 g/mol. The van der Waals surface area contributed by atoms with Crippen LogP contribution in [0.5, 0.6) is 0 Å². The van der Waals surface area contributed by atoms with Crippen molar-refractivity contribution in [3.8, 4) is 0 Å². The molecule has 0 radical (unpaired) electrons. The Hall–Kier alpha value is -3.22. The Labute approximate surface area is 143 Å². The van der Waals surface area contributed by atoms with Crippen LogP contribution in [-0.2, 0) is 7.05 Å². The van der Waals surface area contributed by atoms with Crippen LogP contribution < -0.4 is 10.6 Å². The lowest BCUT2D eigenvalue weighted by Gasteiger charge is -2.08. The van der Waals surface area contributed by atoms with Gasteiger partial charge in [0.2, 0.25) is 0 Å². The van der Waals surface area contributed by atoms with Crippen LogP contribution in [0.2, 0.25) is 0 Å². The molecule has 0 aliphatic rings. The lowest BCUT2D eigenvalue weighted by Crippen LogP contribution is -2.20. The molecular weight excluding hydrogens is 323 g/mol. The molecule has 3 aromatic rings. The molecule has 6 nitrogen and oxygen atoms in total. The molecule has 0 atom stereocenters. The highest BCUT2D eigenvalue weighted by Gasteiger charge is 2.14.